The van der Waals surface area contributed by atoms with Gasteiger partial charge in [0.05, 0.1) is 25.0 Å². The fourth-order valence-corrected chi connectivity index (χ4v) is 4.92. The molecular weight excluding hydrogens is 483 g/mol. The molecule has 1 saturated heterocycles. The van der Waals surface area contributed by atoms with E-state index in [9.17, 15) is 9.59 Å². The number of fused-ring (bicyclic) bond motifs is 5. The maximum atomic E-state index is 12.7. The number of guanidine groups is 1. The highest BCUT2D eigenvalue weighted by Crippen LogP contribution is 2.52. The van der Waals surface area contributed by atoms with Gasteiger partial charge in [-0.25, -0.2) is 0 Å². The van der Waals surface area contributed by atoms with Gasteiger partial charge in [-0.2, -0.15) is 0 Å². The highest BCUT2D eigenvalue weighted by molar-refractivity contribution is 14.0. The van der Waals surface area contributed by atoms with Crippen LogP contribution in [0.4, 0.5) is 0 Å². The highest BCUT2D eigenvalue weighted by atomic mass is 127. The second kappa shape index (κ2) is 10.1. The minimum atomic E-state index is -0.114. The van der Waals surface area contributed by atoms with Crippen molar-refractivity contribution in [2.24, 2.45) is 28.7 Å². The van der Waals surface area contributed by atoms with E-state index in [1.807, 2.05) is 6.92 Å². The molecule has 4 aliphatic rings. The van der Waals surface area contributed by atoms with Gasteiger partial charge in [-0.3, -0.25) is 19.5 Å². The van der Waals surface area contributed by atoms with Crippen LogP contribution in [-0.4, -0.2) is 62.1 Å². The van der Waals surface area contributed by atoms with E-state index in [1.165, 1.54) is 10.5 Å². The number of halogens is 1. The zero-order chi connectivity index (χ0) is 19.5. The number of amides is 2. The van der Waals surface area contributed by atoms with Crippen LogP contribution in [0.2, 0.25) is 0 Å². The zero-order valence-corrected chi connectivity index (χ0v) is 19.3. The molecule has 0 spiro atoms. The number of hydrogen-bond donors (Lipinski definition) is 2. The van der Waals surface area contributed by atoms with E-state index in [2.05, 4.69) is 33.9 Å². The van der Waals surface area contributed by atoms with Crippen molar-refractivity contribution in [1.29, 1.82) is 0 Å². The molecule has 2 N–H and O–H groups in total. The third-order valence-corrected chi connectivity index (χ3v) is 6.29. The molecule has 4 atom stereocenters. The Labute approximate surface area is 189 Å². The van der Waals surface area contributed by atoms with Crippen LogP contribution in [0, 0.1) is 23.7 Å². The summed E-state index contributed by atoms with van der Waals surface area (Å²) in [4.78, 5) is 31.5. The first-order chi connectivity index (χ1) is 13.7. The maximum Gasteiger partial charge on any atom is 0.233 e. The van der Waals surface area contributed by atoms with Gasteiger partial charge in [-0.15, -0.1) is 24.0 Å². The third kappa shape index (κ3) is 4.68. The predicted octanol–water partition coefficient (Wildman–Crippen LogP) is 1.70. The second-order valence-corrected chi connectivity index (χ2v) is 7.95. The van der Waals surface area contributed by atoms with Crippen molar-refractivity contribution in [3.8, 4) is 0 Å². The van der Waals surface area contributed by atoms with Crippen LogP contribution in [0.15, 0.2) is 28.8 Å². The molecule has 4 unspecified atom stereocenters. The number of carbonyl (C=O) groups is 2. The molecular formula is C21H31IN4O3. The molecule has 2 heterocycles. The number of allylic oxidation sites excluding steroid dienone is 2. The molecule has 160 valence electrons. The van der Waals surface area contributed by atoms with Crippen molar-refractivity contribution in [3.63, 3.8) is 0 Å². The number of ether oxygens (including phenoxy) is 1. The summed E-state index contributed by atoms with van der Waals surface area (Å²) in [5, 5.41) is 6.49. The Hall–Kier alpha value is -1.42. The number of imide groups is 1. The first-order valence-electron chi connectivity index (χ1n) is 10.5. The summed E-state index contributed by atoms with van der Waals surface area (Å²) in [7, 11) is 0. The standard InChI is InChI=1S/C21H30N4O3.HI/c1-2-22-21(23-8-5-14-6-11-28-12-7-14)24-9-10-25-19(26)17-15-3-4-16(13-15)18(17)20(25)27;/h3-4,6,15-18H,2,5,7-13H2,1H3,(H2,22,23,24);1H. The van der Waals surface area contributed by atoms with Crippen molar-refractivity contribution < 1.29 is 14.3 Å². The average molecular weight is 514 g/mol. The Morgan fingerprint density at radius 2 is 1.93 bits per heavy atom. The van der Waals surface area contributed by atoms with Crippen molar-refractivity contribution in [2.45, 2.75) is 26.2 Å². The van der Waals surface area contributed by atoms with Crippen LogP contribution < -0.4 is 10.6 Å². The molecule has 2 bridgehead atoms. The van der Waals surface area contributed by atoms with Gasteiger partial charge < -0.3 is 15.4 Å². The Balaban J connectivity index is 0.00000240. The molecule has 2 aliphatic heterocycles. The van der Waals surface area contributed by atoms with E-state index in [0.29, 0.717) is 26.2 Å². The Bertz CT molecular complexity index is 691. The monoisotopic (exact) mass is 514 g/mol. The van der Waals surface area contributed by atoms with Crippen molar-refractivity contribution >= 4 is 41.8 Å². The fourth-order valence-electron chi connectivity index (χ4n) is 4.92. The molecule has 2 fully saturated rings. The second-order valence-electron chi connectivity index (χ2n) is 7.95. The van der Waals surface area contributed by atoms with Gasteiger partial charge >= 0.3 is 0 Å². The van der Waals surface area contributed by atoms with Gasteiger partial charge in [-0.1, -0.05) is 23.8 Å². The lowest BCUT2D eigenvalue weighted by atomic mass is 9.85. The van der Waals surface area contributed by atoms with Crippen LogP contribution in [0.3, 0.4) is 0 Å². The number of aliphatic imine (C=N–C) groups is 1. The smallest absolute Gasteiger partial charge is 0.233 e. The van der Waals surface area contributed by atoms with Gasteiger partial charge in [0.2, 0.25) is 11.8 Å². The van der Waals surface area contributed by atoms with Crippen LogP contribution in [0.1, 0.15) is 26.2 Å². The summed E-state index contributed by atoms with van der Waals surface area (Å²) in [5.41, 5.74) is 1.40. The van der Waals surface area contributed by atoms with E-state index >= 15 is 0 Å². The van der Waals surface area contributed by atoms with Gasteiger partial charge in [-0.05, 0) is 38.0 Å². The third-order valence-electron chi connectivity index (χ3n) is 6.29. The predicted molar refractivity (Wildman–Crippen MR) is 122 cm³/mol. The number of nitrogens with one attached hydrogen (secondary N) is 2. The molecule has 2 aliphatic carbocycles. The van der Waals surface area contributed by atoms with Gasteiger partial charge in [0, 0.05) is 26.2 Å². The highest BCUT2D eigenvalue weighted by Gasteiger charge is 2.58. The lowest BCUT2D eigenvalue weighted by Crippen LogP contribution is -2.43. The molecule has 1 saturated carbocycles. The Morgan fingerprint density at radius 1 is 1.21 bits per heavy atom. The molecule has 4 rings (SSSR count). The van der Waals surface area contributed by atoms with Crippen molar-refractivity contribution in [1.82, 2.24) is 15.5 Å². The fraction of sp³-hybridized carbons (Fsp3) is 0.667. The van der Waals surface area contributed by atoms with Gasteiger partial charge in [0.25, 0.3) is 0 Å². The van der Waals surface area contributed by atoms with E-state index in [0.717, 1.165) is 38.4 Å². The Morgan fingerprint density at radius 3 is 2.55 bits per heavy atom. The number of hydrogen-bond acceptors (Lipinski definition) is 4. The molecule has 0 aromatic heterocycles. The lowest BCUT2D eigenvalue weighted by Gasteiger charge is -2.18. The molecule has 2 amide bonds. The Kier molecular flexibility index (Phi) is 7.72. The van der Waals surface area contributed by atoms with Crippen molar-refractivity contribution in [2.75, 3.05) is 39.4 Å². The van der Waals surface area contributed by atoms with Crippen LogP contribution in [0.5, 0.6) is 0 Å². The summed E-state index contributed by atoms with van der Waals surface area (Å²) in [6, 6.07) is 0. The zero-order valence-electron chi connectivity index (χ0n) is 16.9. The molecule has 0 radical (unpaired) electrons. The SMILES string of the molecule is CCNC(=NCCC1=CCOCC1)NCCN1C(=O)C2C3C=CC(C3)C2C1=O.I. The van der Waals surface area contributed by atoms with Crippen molar-refractivity contribution in [3.05, 3.63) is 23.8 Å². The number of carbonyl (C=O) groups excluding carboxylic acids is 2. The minimum absolute atomic E-state index is 0. The maximum absolute atomic E-state index is 12.7. The van der Waals surface area contributed by atoms with E-state index in [4.69, 9.17) is 4.74 Å². The topological polar surface area (TPSA) is 83.0 Å². The molecule has 8 heteroatoms. The van der Waals surface area contributed by atoms with Crippen LogP contribution >= 0.6 is 24.0 Å². The minimum Gasteiger partial charge on any atom is -0.377 e. The first kappa shape index (κ1) is 22.3. The molecule has 7 nitrogen and oxygen atoms in total. The average Bonchev–Trinajstić information content (AvgIpc) is 3.38. The van der Waals surface area contributed by atoms with E-state index < -0.39 is 0 Å². The van der Waals surface area contributed by atoms with Gasteiger partial charge in [0.15, 0.2) is 5.96 Å². The number of likely N-dealkylation sites (tertiary alicyclic amines) is 1. The molecule has 29 heavy (non-hydrogen) atoms. The molecule has 0 aromatic carbocycles. The summed E-state index contributed by atoms with van der Waals surface area (Å²) < 4.78 is 5.33. The summed E-state index contributed by atoms with van der Waals surface area (Å²) in [6.07, 6.45) is 9.28. The lowest BCUT2D eigenvalue weighted by molar-refractivity contribution is -0.140. The summed E-state index contributed by atoms with van der Waals surface area (Å²) in [5.74, 6) is 1.07. The molecule has 0 aromatic rings. The number of nitrogens with zero attached hydrogens (tertiary/aromatic N) is 2. The first-order valence-corrected chi connectivity index (χ1v) is 10.5. The van der Waals surface area contributed by atoms with E-state index in [-0.39, 0.29) is 59.5 Å². The van der Waals surface area contributed by atoms with Crippen LogP contribution in [-0.2, 0) is 14.3 Å². The summed E-state index contributed by atoms with van der Waals surface area (Å²) >= 11 is 0. The van der Waals surface area contributed by atoms with Gasteiger partial charge in [0.1, 0.15) is 0 Å². The normalized spacial score (nSPS) is 30.3. The number of rotatable bonds is 7. The quantitative estimate of drug-likeness (QED) is 0.178. The summed E-state index contributed by atoms with van der Waals surface area (Å²) in [6.45, 7) is 5.92. The van der Waals surface area contributed by atoms with Crippen LogP contribution in [0.25, 0.3) is 0 Å². The van der Waals surface area contributed by atoms with E-state index in [1.54, 1.807) is 0 Å². The largest absolute Gasteiger partial charge is 0.377 e.